The number of benzene rings is 2. The van der Waals surface area contributed by atoms with E-state index in [0.717, 1.165) is 18.6 Å². The van der Waals surface area contributed by atoms with Gasteiger partial charge in [-0.05, 0) is 48.9 Å². The Kier molecular flexibility index (Phi) is 6.58. The molecule has 0 unspecified atom stereocenters. The van der Waals surface area contributed by atoms with Crippen LogP contribution in [0.5, 0.6) is 5.75 Å². The van der Waals surface area contributed by atoms with Crippen molar-refractivity contribution in [2.24, 2.45) is 0 Å². The summed E-state index contributed by atoms with van der Waals surface area (Å²) in [6, 6.07) is 8.20. The molecule has 2 aromatic rings. The molecule has 0 saturated carbocycles. The zero-order chi connectivity index (χ0) is 20.1. The molecule has 1 aliphatic rings. The summed E-state index contributed by atoms with van der Waals surface area (Å²) in [5, 5.41) is 0. The molecule has 1 heterocycles. The predicted octanol–water partition coefficient (Wildman–Crippen LogP) is 2.88. The van der Waals surface area contributed by atoms with Crippen molar-refractivity contribution in [3.05, 3.63) is 59.9 Å². The van der Waals surface area contributed by atoms with Gasteiger partial charge in [0.1, 0.15) is 28.1 Å². The summed E-state index contributed by atoms with van der Waals surface area (Å²) in [6.45, 7) is 2.57. The molecule has 1 saturated heterocycles. The van der Waals surface area contributed by atoms with Crippen molar-refractivity contribution in [3.8, 4) is 5.75 Å². The van der Waals surface area contributed by atoms with Crippen LogP contribution in [-0.4, -0.2) is 57.0 Å². The van der Waals surface area contributed by atoms with Gasteiger partial charge in [0.25, 0.3) is 0 Å². The van der Waals surface area contributed by atoms with Gasteiger partial charge in [-0.15, -0.1) is 0 Å². The number of ether oxygens (including phenoxy) is 1. The second-order valence-electron chi connectivity index (χ2n) is 6.48. The van der Waals surface area contributed by atoms with Crippen LogP contribution in [0.25, 0.3) is 0 Å². The van der Waals surface area contributed by atoms with Crippen molar-refractivity contribution in [1.29, 1.82) is 0 Å². The molecule has 0 amide bonds. The minimum atomic E-state index is -4.07. The zero-order valence-corrected chi connectivity index (χ0v) is 16.0. The van der Waals surface area contributed by atoms with Gasteiger partial charge >= 0.3 is 0 Å². The van der Waals surface area contributed by atoms with Gasteiger partial charge in [0, 0.05) is 32.7 Å². The van der Waals surface area contributed by atoms with E-state index in [2.05, 4.69) is 4.90 Å². The third-order valence-electron chi connectivity index (χ3n) is 4.54. The molecule has 2 aromatic carbocycles. The van der Waals surface area contributed by atoms with E-state index in [1.54, 1.807) is 12.1 Å². The van der Waals surface area contributed by atoms with E-state index < -0.39 is 26.6 Å². The fraction of sp³-hybridized carbons (Fsp3) is 0.368. The highest BCUT2D eigenvalue weighted by atomic mass is 32.2. The molecule has 0 aromatic heterocycles. The van der Waals surface area contributed by atoms with E-state index in [1.165, 1.54) is 16.4 Å². The van der Waals surface area contributed by atoms with Gasteiger partial charge in [-0.3, -0.25) is 0 Å². The summed E-state index contributed by atoms with van der Waals surface area (Å²) in [6.07, 6.45) is 0.725. The Morgan fingerprint density at radius 1 is 0.893 bits per heavy atom. The molecule has 3 rings (SSSR count). The van der Waals surface area contributed by atoms with Gasteiger partial charge < -0.3 is 9.64 Å². The van der Waals surface area contributed by atoms with E-state index in [0.29, 0.717) is 38.1 Å². The Morgan fingerprint density at radius 2 is 1.54 bits per heavy atom. The number of halogens is 3. The first-order chi connectivity index (χ1) is 13.4. The second kappa shape index (κ2) is 8.93. The molecule has 152 valence electrons. The molecular formula is C19H21F3N2O3S. The quantitative estimate of drug-likeness (QED) is 0.654. The first-order valence-electron chi connectivity index (χ1n) is 8.92. The van der Waals surface area contributed by atoms with Crippen LogP contribution in [0.2, 0.25) is 0 Å². The highest BCUT2D eigenvalue weighted by molar-refractivity contribution is 7.89. The fourth-order valence-electron chi connectivity index (χ4n) is 3.02. The molecule has 0 N–H and O–H groups in total. The minimum Gasteiger partial charge on any atom is -0.494 e. The van der Waals surface area contributed by atoms with E-state index in [1.807, 2.05) is 0 Å². The smallest absolute Gasteiger partial charge is 0.246 e. The lowest BCUT2D eigenvalue weighted by Crippen LogP contribution is -2.49. The third kappa shape index (κ3) is 5.03. The largest absolute Gasteiger partial charge is 0.494 e. The van der Waals surface area contributed by atoms with Crippen molar-refractivity contribution in [2.75, 3.05) is 39.3 Å². The number of hydrogen-bond acceptors (Lipinski definition) is 4. The van der Waals surface area contributed by atoms with Crippen LogP contribution in [0.3, 0.4) is 0 Å². The lowest BCUT2D eigenvalue weighted by molar-refractivity contribution is 0.174. The Labute approximate surface area is 162 Å². The van der Waals surface area contributed by atoms with Crippen molar-refractivity contribution in [1.82, 2.24) is 9.21 Å². The fourth-order valence-corrected chi connectivity index (χ4v) is 4.51. The van der Waals surface area contributed by atoms with Crippen LogP contribution in [0.15, 0.2) is 47.4 Å². The maximum Gasteiger partial charge on any atom is 0.246 e. The molecule has 5 nitrogen and oxygen atoms in total. The maximum atomic E-state index is 13.8. The second-order valence-corrected chi connectivity index (χ2v) is 8.38. The van der Waals surface area contributed by atoms with E-state index in [9.17, 15) is 21.6 Å². The molecule has 9 heteroatoms. The number of rotatable bonds is 7. The summed E-state index contributed by atoms with van der Waals surface area (Å²) < 4.78 is 71.9. The minimum absolute atomic E-state index is 0.205. The number of sulfonamides is 1. The van der Waals surface area contributed by atoms with Gasteiger partial charge in [-0.1, -0.05) is 0 Å². The number of nitrogens with zero attached hydrogens (tertiary/aromatic N) is 2. The maximum absolute atomic E-state index is 13.8. The Morgan fingerprint density at radius 3 is 2.21 bits per heavy atom. The van der Waals surface area contributed by atoms with Gasteiger partial charge in [0.05, 0.1) is 6.61 Å². The molecule has 0 aliphatic carbocycles. The Balaban J connectivity index is 1.46. The SMILES string of the molecule is O=S(=O)(c1cc(F)ccc1F)N1CCN(CCCOc2ccc(F)cc2)CC1. The molecule has 28 heavy (non-hydrogen) atoms. The average molecular weight is 414 g/mol. The van der Waals surface area contributed by atoms with Gasteiger partial charge in [-0.2, -0.15) is 4.31 Å². The molecule has 1 fully saturated rings. The molecule has 0 atom stereocenters. The molecule has 1 aliphatic heterocycles. The zero-order valence-electron chi connectivity index (χ0n) is 15.2. The van der Waals surface area contributed by atoms with Crippen LogP contribution < -0.4 is 4.74 Å². The Bertz CT molecular complexity index is 899. The van der Waals surface area contributed by atoms with E-state index >= 15 is 0 Å². The first-order valence-corrected chi connectivity index (χ1v) is 10.4. The third-order valence-corrected chi connectivity index (χ3v) is 6.46. The highest BCUT2D eigenvalue weighted by Crippen LogP contribution is 2.21. The van der Waals surface area contributed by atoms with Gasteiger partial charge in [-0.25, -0.2) is 21.6 Å². The normalized spacial score (nSPS) is 16.2. The number of piperazine rings is 1. The lowest BCUT2D eigenvalue weighted by atomic mass is 10.3. The van der Waals surface area contributed by atoms with Crippen LogP contribution in [0, 0.1) is 17.5 Å². The number of hydrogen-bond donors (Lipinski definition) is 0. The topological polar surface area (TPSA) is 49.9 Å². The standard InChI is InChI=1S/C19H21F3N2O3S/c20-15-2-5-17(6-3-15)27-13-1-8-23-9-11-24(12-10-23)28(25,26)19-14-16(21)4-7-18(19)22/h2-7,14H,1,8-13H2. The average Bonchev–Trinajstić information content (AvgIpc) is 2.69. The summed E-state index contributed by atoms with van der Waals surface area (Å²) in [4.78, 5) is 1.45. The summed E-state index contributed by atoms with van der Waals surface area (Å²) in [5.74, 6) is -1.48. The highest BCUT2D eigenvalue weighted by Gasteiger charge is 2.30. The molecule has 0 spiro atoms. The van der Waals surface area contributed by atoms with E-state index in [4.69, 9.17) is 4.74 Å². The van der Waals surface area contributed by atoms with Crippen molar-refractivity contribution in [3.63, 3.8) is 0 Å². The van der Waals surface area contributed by atoms with Crippen molar-refractivity contribution in [2.45, 2.75) is 11.3 Å². The van der Waals surface area contributed by atoms with Crippen LogP contribution in [0.4, 0.5) is 13.2 Å². The van der Waals surface area contributed by atoms with Crippen LogP contribution >= 0.6 is 0 Å². The summed E-state index contributed by atoms with van der Waals surface area (Å²) >= 11 is 0. The van der Waals surface area contributed by atoms with Gasteiger partial charge in [0.15, 0.2) is 0 Å². The van der Waals surface area contributed by atoms with E-state index in [-0.39, 0.29) is 18.9 Å². The van der Waals surface area contributed by atoms with Crippen LogP contribution in [-0.2, 0) is 10.0 Å². The van der Waals surface area contributed by atoms with Crippen molar-refractivity contribution >= 4 is 10.0 Å². The predicted molar refractivity (Wildman–Crippen MR) is 98.1 cm³/mol. The lowest BCUT2D eigenvalue weighted by Gasteiger charge is -2.34. The summed E-state index contributed by atoms with van der Waals surface area (Å²) in [7, 11) is -4.07. The summed E-state index contributed by atoms with van der Waals surface area (Å²) in [5.41, 5.74) is 0. The Hall–Kier alpha value is -2.10. The first kappa shape index (κ1) is 20.6. The molecule has 0 radical (unpaired) electrons. The molecular weight excluding hydrogens is 393 g/mol. The van der Waals surface area contributed by atoms with Gasteiger partial charge in [0.2, 0.25) is 10.0 Å². The monoisotopic (exact) mass is 414 g/mol. The van der Waals surface area contributed by atoms with Crippen LogP contribution in [0.1, 0.15) is 6.42 Å². The van der Waals surface area contributed by atoms with Crippen molar-refractivity contribution < 1.29 is 26.3 Å². The molecule has 0 bridgehead atoms.